The number of nitrogens with zero attached hydrogens (tertiary/aromatic N) is 2. The maximum atomic E-state index is 12.9. The molecule has 0 fully saturated rings. The Balaban J connectivity index is 1.80. The molecule has 8 heteroatoms. The number of benzene rings is 3. The zero-order chi connectivity index (χ0) is 24.5. The molecule has 0 unspecified atom stereocenters. The maximum Gasteiger partial charge on any atom is 0.287 e. The van der Waals surface area contributed by atoms with Gasteiger partial charge in [0.15, 0.2) is 11.5 Å². The summed E-state index contributed by atoms with van der Waals surface area (Å²) in [4.78, 5) is 27.5. The van der Waals surface area contributed by atoms with Gasteiger partial charge in [0.05, 0.1) is 13.3 Å². The minimum absolute atomic E-state index is 0.0289. The lowest BCUT2D eigenvalue weighted by atomic mass is 10.1. The number of methoxy groups -OCH3 is 1. The molecule has 3 rings (SSSR count). The summed E-state index contributed by atoms with van der Waals surface area (Å²) < 4.78 is 5.01. The van der Waals surface area contributed by atoms with Gasteiger partial charge in [0.25, 0.3) is 11.8 Å². The van der Waals surface area contributed by atoms with Crippen LogP contribution < -0.4 is 20.4 Å². The fourth-order valence-electron chi connectivity index (χ4n) is 2.99. The second kappa shape index (κ2) is 11.3. The highest BCUT2D eigenvalue weighted by atomic mass is 16.5. The van der Waals surface area contributed by atoms with E-state index in [4.69, 9.17) is 4.74 Å². The SMILES string of the molecule is COc1ccc(/C=N/NC(=O)/C(=C/c2ccc(N(C)C)cc2)NC(=O)c2ccccc2)cc1O. The molecule has 3 aromatic rings. The monoisotopic (exact) mass is 458 g/mol. The molecule has 0 saturated heterocycles. The normalized spacial score (nSPS) is 11.2. The van der Waals surface area contributed by atoms with Crippen LogP contribution in [0.15, 0.2) is 83.6 Å². The molecule has 3 N–H and O–H groups in total. The first-order valence-corrected chi connectivity index (χ1v) is 10.4. The molecule has 0 spiro atoms. The van der Waals surface area contributed by atoms with Crippen LogP contribution in [-0.4, -0.2) is 44.3 Å². The van der Waals surface area contributed by atoms with E-state index in [1.54, 1.807) is 48.5 Å². The number of hydrogen-bond acceptors (Lipinski definition) is 6. The Morgan fingerprint density at radius 3 is 2.26 bits per heavy atom. The molecular formula is C26H26N4O4. The van der Waals surface area contributed by atoms with Crippen LogP contribution in [0, 0.1) is 0 Å². The first-order valence-electron chi connectivity index (χ1n) is 10.4. The number of carbonyl (C=O) groups excluding carboxylic acids is 2. The summed E-state index contributed by atoms with van der Waals surface area (Å²) in [6, 6.07) is 20.8. The van der Waals surface area contributed by atoms with Crippen molar-refractivity contribution in [2.24, 2.45) is 5.10 Å². The first kappa shape index (κ1) is 24.1. The zero-order valence-corrected chi connectivity index (χ0v) is 19.1. The van der Waals surface area contributed by atoms with Crippen molar-refractivity contribution in [1.82, 2.24) is 10.7 Å². The topological polar surface area (TPSA) is 103 Å². The van der Waals surface area contributed by atoms with Gasteiger partial charge in [0.1, 0.15) is 5.70 Å². The van der Waals surface area contributed by atoms with Gasteiger partial charge in [0.2, 0.25) is 0 Å². The lowest BCUT2D eigenvalue weighted by molar-refractivity contribution is -0.117. The number of amides is 2. The Hall–Kier alpha value is -4.59. The summed E-state index contributed by atoms with van der Waals surface area (Å²) in [5, 5.41) is 16.5. The van der Waals surface area contributed by atoms with Gasteiger partial charge in [-0.3, -0.25) is 9.59 Å². The van der Waals surface area contributed by atoms with Gasteiger partial charge in [-0.05, 0) is 59.7 Å². The highest BCUT2D eigenvalue weighted by molar-refractivity contribution is 6.05. The summed E-state index contributed by atoms with van der Waals surface area (Å²) in [6.07, 6.45) is 2.95. The molecule has 0 atom stereocenters. The van der Waals surface area contributed by atoms with Crippen molar-refractivity contribution in [3.63, 3.8) is 0 Å². The Labute approximate surface area is 198 Å². The van der Waals surface area contributed by atoms with Gasteiger partial charge >= 0.3 is 0 Å². The molecule has 0 aliphatic rings. The Morgan fingerprint density at radius 1 is 0.971 bits per heavy atom. The van der Waals surface area contributed by atoms with E-state index in [1.807, 2.05) is 43.3 Å². The van der Waals surface area contributed by atoms with Gasteiger partial charge in [0, 0.05) is 25.3 Å². The molecular weight excluding hydrogens is 432 g/mol. The van der Waals surface area contributed by atoms with E-state index >= 15 is 0 Å². The third-order valence-electron chi connectivity index (χ3n) is 4.83. The summed E-state index contributed by atoms with van der Waals surface area (Å²) in [6.45, 7) is 0. The number of carbonyl (C=O) groups is 2. The molecule has 0 bridgehead atoms. The summed E-state index contributed by atoms with van der Waals surface area (Å²) in [7, 11) is 5.32. The van der Waals surface area contributed by atoms with E-state index in [0.29, 0.717) is 16.9 Å². The van der Waals surface area contributed by atoms with Crippen molar-refractivity contribution in [3.8, 4) is 11.5 Å². The second-order valence-electron chi connectivity index (χ2n) is 7.49. The molecule has 2 amide bonds. The molecule has 0 radical (unpaired) electrons. The second-order valence-corrected chi connectivity index (χ2v) is 7.49. The first-order chi connectivity index (χ1) is 16.4. The van der Waals surface area contributed by atoms with Crippen LogP contribution in [0.1, 0.15) is 21.5 Å². The summed E-state index contributed by atoms with van der Waals surface area (Å²) >= 11 is 0. The minimum Gasteiger partial charge on any atom is -0.504 e. The number of nitrogens with one attached hydrogen (secondary N) is 2. The van der Waals surface area contributed by atoms with Crippen molar-refractivity contribution < 1.29 is 19.4 Å². The Kier molecular flexibility index (Phi) is 8.02. The average Bonchev–Trinajstić information content (AvgIpc) is 2.84. The number of phenolic OH excluding ortho intramolecular Hbond substituents is 1. The summed E-state index contributed by atoms with van der Waals surface area (Å²) in [5.41, 5.74) is 5.15. The number of anilines is 1. The molecule has 8 nitrogen and oxygen atoms in total. The molecule has 174 valence electrons. The largest absolute Gasteiger partial charge is 0.504 e. The lowest BCUT2D eigenvalue weighted by Gasteiger charge is -2.12. The fourth-order valence-corrected chi connectivity index (χ4v) is 2.99. The predicted octanol–water partition coefficient (Wildman–Crippen LogP) is 3.39. The van der Waals surface area contributed by atoms with Gasteiger partial charge in [-0.2, -0.15) is 5.10 Å². The third kappa shape index (κ3) is 6.46. The standard InChI is InChI=1S/C26H26N4O4/c1-30(2)21-12-9-18(10-13-21)15-22(28-25(32)20-7-5-4-6-8-20)26(33)29-27-17-19-11-14-24(34-3)23(31)16-19/h4-17,31H,1-3H3,(H,28,32)(H,29,33)/b22-15-,27-17+. The summed E-state index contributed by atoms with van der Waals surface area (Å²) in [5.74, 6) is -0.740. The Bertz CT molecular complexity index is 1200. The van der Waals surface area contributed by atoms with E-state index < -0.39 is 11.8 Å². The molecule has 0 aliphatic heterocycles. The molecule has 0 aromatic heterocycles. The molecule has 0 aliphatic carbocycles. The number of ether oxygens (including phenoxy) is 1. The van der Waals surface area contributed by atoms with Crippen molar-refractivity contribution in [2.75, 3.05) is 26.1 Å². The fraction of sp³-hybridized carbons (Fsp3) is 0.115. The van der Waals surface area contributed by atoms with Crippen LogP contribution in [0.3, 0.4) is 0 Å². The van der Waals surface area contributed by atoms with Crippen LogP contribution in [0.2, 0.25) is 0 Å². The number of hydrazone groups is 1. The Morgan fingerprint density at radius 2 is 1.65 bits per heavy atom. The molecule has 3 aromatic carbocycles. The van der Waals surface area contributed by atoms with Gasteiger partial charge < -0.3 is 20.1 Å². The van der Waals surface area contributed by atoms with Crippen LogP contribution >= 0.6 is 0 Å². The molecule has 0 heterocycles. The van der Waals surface area contributed by atoms with Gasteiger partial charge in [-0.15, -0.1) is 0 Å². The van der Waals surface area contributed by atoms with E-state index in [-0.39, 0.29) is 11.4 Å². The van der Waals surface area contributed by atoms with Crippen molar-refractivity contribution in [1.29, 1.82) is 0 Å². The highest BCUT2D eigenvalue weighted by Gasteiger charge is 2.14. The maximum absolute atomic E-state index is 12.9. The highest BCUT2D eigenvalue weighted by Crippen LogP contribution is 2.25. The number of rotatable bonds is 8. The van der Waals surface area contributed by atoms with Gasteiger partial charge in [-0.25, -0.2) is 5.43 Å². The van der Waals surface area contributed by atoms with E-state index in [1.165, 1.54) is 19.4 Å². The number of hydrogen-bond donors (Lipinski definition) is 3. The van der Waals surface area contributed by atoms with Crippen LogP contribution in [0.5, 0.6) is 11.5 Å². The quantitative estimate of drug-likeness (QED) is 0.273. The van der Waals surface area contributed by atoms with Crippen LogP contribution in [-0.2, 0) is 4.79 Å². The predicted molar refractivity (Wildman–Crippen MR) is 133 cm³/mol. The van der Waals surface area contributed by atoms with Gasteiger partial charge in [-0.1, -0.05) is 30.3 Å². The minimum atomic E-state index is -0.602. The van der Waals surface area contributed by atoms with E-state index in [0.717, 1.165) is 11.3 Å². The van der Waals surface area contributed by atoms with E-state index in [9.17, 15) is 14.7 Å². The van der Waals surface area contributed by atoms with Crippen molar-refractivity contribution >= 4 is 29.8 Å². The number of phenols is 1. The average molecular weight is 459 g/mol. The lowest BCUT2D eigenvalue weighted by Crippen LogP contribution is -2.32. The van der Waals surface area contributed by atoms with Crippen molar-refractivity contribution in [3.05, 3.63) is 95.2 Å². The van der Waals surface area contributed by atoms with Crippen LogP contribution in [0.4, 0.5) is 5.69 Å². The van der Waals surface area contributed by atoms with Crippen molar-refractivity contribution in [2.45, 2.75) is 0 Å². The smallest absolute Gasteiger partial charge is 0.287 e. The molecule has 34 heavy (non-hydrogen) atoms. The van der Waals surface area contributed by atoms with E-state index in [2.05, 4.69) is 15.8 Å². The van der Waals surface area contributed by atoms with Crippen LogP contribution in [0.25, 0.3) is 6.08 Å². The number of aromatic hydroxyl groups is 1. The zero-order valence-electron chi connectivity index (χ0n) is 19.1. The third-order valence-corrected chi connectivity index (χ3v) is 4.83. The molecule has 0 saturated carbocycles.